The Hall–Kier alpha value is -2.83. The number of fused-ring (bicyclic) bond motifs is 10. The molecule has 4 aromatic carbocycles. The number of allylic oxidation sites excluding steroid dienone is 12. The van der Waals surface area contributed by atoms with Gasteiger partial charge in [-0.15, -0.1) is 23.3 Å². The molecule has 184 valence electrons. The molecule has 38 heavy (non-hydrogen) atoms. The van der Waals surface area contributed by atoms with Crippen molar-refractivity contribution in [1.29, 1.82) is 0 Å². The Morgan fingerprint density at radius 2 is 0.974 bits per heavy atom. The van der Waals surface area contributed by atoms with Crippen molar-refractivity contribution in [3.63, 3.8) is 0 Å². The molecule has 0 bridgehead atoms. The molecule has 0 N–H and O–H groups in total. The first kappa shape index (κ1) is 28.2. The fraction of sp³-hybridized carbons (Fsp3) is 0.0571. The van der Waals surface area contributed by atoms with E-state index < -0.39 is 0 Å². The van der Waals surface area contributed by atoms with Crippen LogP contribution in [0.4, 0.5) is 0 Å². The zero-order chi connectivity index (χ0) is 24.5. The van der Waals surface area contributed by atoms with Gasteiger partial charge in [0.1, 0.15) is 0 Å². The Labute approximate surface area is 252 Å². The maximum Gasteiger partial charge on any atom is -1.00 e. The summed E-state index contributed by atoms with van der Waals surface area (Å²) in [5.41, 5.74) is 10.9. The minimum absolute atomic E-state index is 0. The van der Waals surface area contributed by atoms with E-state index in [1.807, 2.05) is 12.2 Å². The van der Waals surface area contributed by atoms with E-state index in [-0.39, 0.29) is 24.8 Å². The summed E-state index contributed by atoms with van der Waals surface area (Å²) in [5, 5.41) is 5.36. The van der Waals surface area contributed by atoms with Crippen LogP contribution in [0.2, 0.25) is 0 Å². The second-order valence-corrected chi connectivity index (χ2v) is 9.07. The van der Waals surface area contributed by atoms with Gasteiger partial charge in [0.15, 0.2) is 0 Å². The summed E-state index contributed by atoms with van der Waals surface area (Å²) in [5.74, 6) is 0. The average Bonchev–Trinajstić information content (AvgIpc) is 3.64. The summed E-state index contributed by atoms with van der Waals surface area (Å²) >= 11 is 1.30. The second-order valence-electron chi connectivity index (χ2n) is 9.07. The summed E-state index contributed by atoms with van der Waals surface area (Å²) in [7, 11) is 0. The van der Waals surface area contributed by atoms with Gasteiger partial charge < -0.3 is 24.8 Å². The first-order valence-corrected chi connectivity index (χ1v) is 14.0. The van der Waals surface area contributed by atoms with Crippen LogP contribution >= 0.6 is 0 Å². The van der Waals surface area contributed by atoms with Crippen LogP contribution < -0.4 is 24.8 Å². The molecule has 0 saturated carbocycles. The molecule has 0 spiro atoms. The first-order valence-electron chi connectivity index (χ1n) is 12.3. The van der Waals surface area contributed by atoms with E-state index in [4.69, 9.17) is 0 Å². The predicted molar refractivity (Wildman–Crippen MR) is 150 cm³/mol. The Kier molecular flexibility index (Phi) is 9.16. The quantitative estimate of drug-likeness (QED) is 0.269. The molecule has 0 heterocycles. The molecule has 0 aliphatic heterocycles. The molecule has 0 saturated heterocycles. The third-order valence-corrected chi connectivity index (χ3v) is 7.18. The van der Waals surface area contributed by atoms with Crippen LogP contribution in [0.15, 0.2) is 120 Å². The maximum absolute atomic E-state index is 3.34. The predicted octanol–water partition coefficient (Wildman–Crippen LogP) is 2.13. The number of hydrogen-bond acceptors (Lipinski definition) is 0. The Bertz CT molecular complexity index is 1590. The topological polar surface area (TPSA) is 0 Å². The van der Waals surface area contributed by atoms with Gasteiger partial charge in [-0.1, -0.05) is 95.1 Å². The minimum Gasteiger partial charge on any atom is -1.00 e. The SMILES string of the molecule is [C-]1=CC=C2C1=CCc1ccc3ccccc3c12.[C-]1=CC=C2C1=CCc1ccc3ccccc3c12.[CH2]=[Zr+2].[Cl-].[Cl-]. The van der Waals surface area contributed by atoms with Crippen LogP contribution in [0.5, 0.6) is 0 Å². The molecule has 4 aromatic rings. The van der Waals surface area contributed by atoms with Gasteiger partial charge in [0.05, 0.1) is 0 Å². The van der Waals surface area contributed by atoms with Crippen molar-refractivity contribution in [1.82, 2.24) is 0 Å². The van der Waals surface area contributed by atoms with Gasteiger partial charge in [-0.3, -0.25) is 0 Å². The number of rotatable bonds is 0. The van der Waals surface area contributed by atoms with Crippen LogP contribution in [0.25, 0.3) is 32.7 Å². The summed E-state index contributed by atoms with van der Waals surface area (Å²) in [6.07, 6.45) is 21.6. The van der Waals surface area contributed by atoms with Gasteiger partial charge in [0.25, 0.3) is 0 Å². The van der Waals surface area contributed by atoms with Crippen molar-refractivity contribution in [3.05, 3.63) is 155 Å². The van der Waals surface area contributed by atoms with E-state index in [0.717, 1.165) is 12.8 Å². The number of halogens is 2. The molecular formula is C35H24Cl2Zr-2. The summed E-state index contributed by atoms with van der Waals surface area (Å²) < 4.78 is 3.34. The normalized spacial score (nSPS) is 14.9. The molecule has 0 amide bonds. The monoisotopic (exact) mass is 604 g/mol. The van der Waals surface area contributed by atoms with E-state index in [1.54, 1.807) is 0 Å². The van der Waals surface area contributed by atoms with E-state index in [1.165, 1.54) is 90.3 Å². The fourth-order valence-corrected chi connectivity index (χ4v) is 5.57. The minimum atomic E-state index is 0. The molecule has 0 fully saturated rings. The molecule has 0 nitrogen and oxygen atoms in total. The van der Waals surface area contributed by atoms with E-state index in [0.29, 0.717) is 0 Å². The Morgan fingerprint density at radius 3 is 1.42 bits per heavy atom. The summed E-state index contributed by atoms with van der Waals surface area (Å²) in [6, 6.07) is 26.2. The molecule has 8 rings (SSSR count). The van der Waals surface area contributed by atoms with Crippen molar-refractivity contribution in [2.45, 2.75) is 12.8 Å². The first-order chi connectivity index (χ1) is 17.9. The van der Waals surface area contributed by atoms with Gasteiger partial charge in [0.2, 0.25) is 0 Å². The van der Waals surface area contributed by atoms with Crippen molar-refractivity contribution < 1.29 is 49.0 Å². The molecule has 4 aliphatic rings. The molecule has 0 radical (unpaired) electrons. The Morgan fingerprint density at radius 1 is 0.553 bits per heavy atom. The number of benzene rings is 4. The van der Waals surface area contributed by atoms with Gasteiger partial charge in [0, 0.05) is 0 Å². The van der Waals surface area contributed by atoms with Gasteiger partial charge in [-0.05, 0) is 34.4 Å². The van der Waals surface area contributed by atoms with E-state index in [9.17, 15) is 0 Å². The largest absolute Gasteiger partial charge is 1.00 e. The summed E-state index contributed by atoms with van der Waals surface area (Å²) in [6.45, 7) is 0. The van der Waals surface area contributed by atoms with Crippen LogP contribution in [-0.4, -0.2) is 4.21 Å². The summed E-state index contributed by atoms with van der Waals surface area (Å²) in [4.78, 5) is 0. The van der Waals surface area contributed by atoms with Gasteiger partial charge in [-0.2, -0.15) is 47.6 Å². The maximum atomic E-state index is 3.34. The fourth-order valence-electron chi connectivity index (χ4n) is 5.57. The van der Waals surface area contributed by atoms with E-state index in [2.05, 4.69) is 113 Å². The van der Waals surface area contributed by atoms with Crippen molar-refractivity contribution in [2.24, 2.45) is 0 Å². The van der Waals surface area contributed by atoms with Crippen LogP contribution in [0, 0.1) is 12.2 Å². The van der Waals surface area contributed by atoms with Crippen molar-refractivity contribution >= 4 is 36.9 Å². The number of hydrogen-bond donors (Lipinski definition) is 0. The third-order valence-electron chi connectivity index (χ3n) is 7.18. The van der Waals surface area contributed by atoms with Gasteiger partial charge >= 0.3 is 28.4 Å². The molecule has 3 heteroatoms. The van der Waals surface area contributed by atoms with E-state index >= 15 is 0 Å². The van der Waals surface area contributed by atoms with Crippen LogP contribution in [-0.2, 0) is 37.1 Å². The smallest absolute Gasteiger partial charge is 1.00 e. The van der Waals surface area contributed by atoms with Crippen molar-refractivity contribution in [2.75, 3.05) is 0 Å². The molecule has 0 unspecified atom stereocenters. The van der Waals surface area contributed by atoms with Crippen molar-refractivity contribution in [3.8, 4) is 0 Å². The second kappa shape index (κ2) is 12.4. The van der Waals surface area contributed by atoms with Crippen LogP contribution in [0.1, 0.15) is 22.3 Å². The van der Waals surface area contributed by atoms with Crippen LogP contribution in [0.3, 0.4) is 0 Å². The molecule has 0 aromatic heterocycles. The molecule has 0 atom stereocenters. The third kappa shape index (κ3) is 4.96. The molecular weight excluding hydrogens is 583 g/mol. The average molecular weight is 607 g/mol. The standard InChI is InChI=1S/2C17H11.CH2.2ClH.Zr/c2*1-2-6-15-12(4-1)8-10-14-11-9-13-5-3-7-16(13)17(14)15;;;;/h2*1-4,6-10H,11H2;1H2;2*1H;/q2*-1;;;;+2/p-2. The Balaban J connectivity index is 0.000000158. The molecule has 4 aliphatic carbocycles. The van der Waals surface area contributed by atoms with Gasteiger partial charge in [-0.25, -0.2) is 0 Å². The zero-order valence-electron chi connectivity index (χ0n) is 20.8. The zero-order valence-corrected chi connectivity index (χ0v) is 24.7.